The van der Waals surface area contributed by atoms with E-state index in [0.717, 1.165) is 16.7 Å². The number of nitrogens with zero attached hydrogens (tertiary/aromatic N) is 2. The highest BCUT2D eigenvalue weighted by Crippen LogP contribution is 2.32. The van der Waals surface area contributed by atoms with Crippen LogP contribution in [0.5, 0.6) is 5.75 Å². The topological polar surface area (TPSA) is 69.9 Å². The molecule has 0 aliphatic carbocycles. The zero-order valence-corrected chi connectivity index (χ0v) is 23.5. The SMILES string of the molecule is CCOc1ccc([C@@H]2C(C(=O)OCc3ccccc3)=C(C)N=c3s/c(=C/c4ccc(Cl)c(Cl)c4)c(=O)n32)cc1. The van der Waals surface area contributed by atoms with Gasteiger partial charge in [0.2, 0.25) is 0 Å². The summed E-state index contributed by atoms with van der Waals surface area (Å²) >= 11 is 13.5. The normalized spacial score (nSPS) is 15.1. The first-order chi connectivity index (χ1) is 18.9. The monoisotopic (exact) mass is 578 g/mol. The summed E-state index contributed by atoms with van der Waals surface area (Å²) in [6.07, 6.45) is 1.74. The predicted molar refractivity (Wildman–Crippen MR) is 154 cm³/mol. The number of hydrogen-bond acceptors (Lipinski definition) is 6. The Bertz CT molecular complexity index is 1740. The van der Waals surface area contributed by atoms with Crippen LogP contribution in [-0.2, 0) is 16.1 Å². The van der Waals surface area contributed by atoms with E-state index in [9.17, 15) is 9.59 Å². The molecule has 1 aliphatic rings. The second kappa shape index (κ2) is 11.6. The minimum atomic E-state index is -0.726. The Morgan fingerprint density at radius 3 is 2.49 bits per heavy atom. The summed E-state index contributed by atoms with van der Waals surface area (Å²) in [6.45, 7) is 4.30. The summed E-state index contributed by atoms with van der Waals surface area (Å²) in [5, 5.41) is 0.824. The number of thiazole rings is 1. The van der Waals surface area contributed by atoms with Crippen LogP contribution in [0.4, 0.5) is 0 Å². The summed E-state index contributed by atoms with van der Waals surface area (Å²) in [4.78, 5) is 32.4. The second-order valence-electron chi connectivity index (χ2n) is 8.82. The molecule has 4 aromatic rings. The molecule has 3 aromatic carbocycles. The largest absolute Gasteiger partial charge is 0.494 e. The quantitative estimate of drug-likeness (QED) is 0.264. The average molecular weight is 580 g/mol. The lowest BCUT2D eigenvalue weighted by atomic mass is 9.96. The van der Waals surface area contributed by atoms with Crippen molar-refractivity contribution in [3.8, 4) is 5.75 Å². The standard InChI is InChI=1S/C30H24Cl2N2O4S/c1-3-37-22-12-10-21(11-13-22)27-26(29(36)38-17-19-7-5-4-6-8-19)18(2)33-30-34(27)28(35)25(39-30)16-20-9-14-23(31)24(32)15-20/h4-16,27H,3,17H2,1-2H3/b25-16+/t27-/m1/s1. The van der Waals surface area contributed by atoms with E-state index in [4.69, 9.17) is 32.7 Å². The molecule has 0 fully saturated rings. The van der Waals surface area contributed by atoms with E-state index in [0.29, 0.717) is 43.0 Å². The molecular weight excluding hydrogens is 555 g/mol. The molecule has 0 spiro atoms. The predicted octanol–water partition coefficient (Wildman–Crippen LogP) is 5.68. The van der Waals surface area contributed by atoms with Crippen molar-refractivity contribution >= 4 is 46.6 Å². The minimum Gasteiger partial charge on any atom is -0.494 e. The molecule has 39 heavy (non-hydrogen) atoms. The van der Waals surface area contributed by atoms with Gasteiger partial charge in [0.25, 0.3) is 5.56 Å². The summed E-state index contributed by atoms with van der Waals surface area (Å²) in [6, 6.07) is 21.2. The van der Waals surface area contributed by atoms with Crippen molar-refractivity contribution < 1.29 is 14.3 Å². The molecule has 0 saturated heterocycles. The number of hydrogen-bond donors (Lipinski definition) is 0. The van der Waals surface area contributed by atoms with Crippen LogP contribution in [0.15, 0.2) is 93.9 Å². The van der Waals surface area contributed by atoms with E-state index in [2.05, 4.69) is 4.99 Å². The summed E-state index contributed by atoms with van der Waals surface area (Å²) in [7, 11) is 0. The van der Waals surface area contributed by atoms with Gasteiger partial charge >= 0.3 is 5.97 Å². The van der Waals surface area contributed by atoms with Crippen LogP contribution in [0.1, 0.15) is 36.6 Å². The number of carbonyl (C=O) groups is 1. The fourth-order valence-electron chi connectivity index (χ4n) is 4.37. The lowest BCUT2D eigenvalue weighted by Crippen LogP contribution is -2.39. The summed E-state index contributed by atoms with van der Waals surface area (Å²) in [5.74, 6) is 0.167. The number of carbonyl (C=O) groups excluding carboxylic acids is 1. The maximum atomic E-state index is 13.8. The van der Waals surface area contributed by atoms with E-state index in [1.165, 1.54) is 11.3 Å². The van der Waals surface area contributed by atoms with Gasteiger partial charge in [-0.15, -0.1) is 0 Å². The molecule has 0 radical (unpaired) electrons. The van der Waals surface area contributed by atoms with Gasteiger partial charge in [-0.2, -0.15) is 0 Å². The van der Waals surface area contributed by atoms with Crippen molar-refractivity contribution in [1.29, 1.82) is 0 Å². The lowest BCUT2D eigenvalue weighted by Gasteiger charge is -2.25. The molecular formula is C30H24Cl2N2O4S. The van der Waals surface area contributed by atoms with Gasteiger partial charge in [-0.1, -0.05) is 83.1 Å². The number of fused-ring (bicyclic) bond motifs is 1. The van der Waals surface area contributed by atoms with Crippen LogP contribution in [0.3, 0.4) is 0 Å². The Labute approximate surface area is 239 Å². The molecule has 9 heteroatoms. The fourth-order valence-corrected chi connectivity index (χ4v) is 5.72. The number of halogens is 2. The highest BCUT2D eigenvalue weighted by molar-refractivity contribution is 7.07. The molecule has 0 saturated carbocycles. The highest BCUT2D eigenvalue weighted by Gasteiger charge is 2.33. The average Bonchev–Trinajstić information content (AvgIpc) is 3.24. The third-order valence-electron chi connectivity index (χ3n) is 6.20. The third kappa shape index (κ3) is 5.71. The number of aromatic nitrogens is 1. The van der Waals surface area contributed by atoms with Gasteiger partial charge in [0, 0.05) is 0 Å². The first kappa shape index (κ1) is 26.9. The van der Waals surface area contributed by atoms with E-state index < -0.39 is 12.0 Å². The Morgan fingerprint density at radius 2 is 1.79 bits per heavy atom. The molecule has 0 N–H and O–H groups in total. The molecule has 198 valence electrons. The fraction of sp³-hybridized carbons (Fsp3) is 0.167. The Balaban J connectivity index is 1.61. The first-order valence-electron chi connectivity index (χ1n) is 12.3. The molecule has 5 rings (SSSR count). The van der Waals surface area contributed by atoms with Crippen LogP contribution in [0, 0.1) is 0 Å². The molecule has 0 unspecified atom stereocenters. The molecule has 1 aromatic heterocycles. The smallest absolute Gasteiger partial charge is 0.338 e. The van der Waals surface area contributed by atoms with Gasteiger partial charge in [0.05, 0.1) is 38.5 Å². The van der Waals surface area contributed by atoms with Crippen LogP contribution < -0.4 is 19.6 Å². The minimum absolute atomic E-state index is 0.105. The van der Waals surface area contributed by atoms with E-state index >= 15 is 0 Å². The Kier molecular flexibility index (Phi) is 8.02. The maximum absolute atomic E-state index is 13.8. The number of esters is 1. The molecule has 1 atom stereocenters. The van der Waals surface area contributed by atoms with Crippen molar-refractivity contribution in [1.82, 2.24) is 4.57 Å². The van der Waals surface area contributed by atoms with Crippen LogP contribution in [0.25, 0.3) is 6.08 Å². The molecule has 2 heterocycles. The first-order valence-corrected chi connectivity index (χ1v) is 13.8. The third-order valence-corrected chi connectivity index (χ3v) is 7.92. The van der Waals surface area contributed by atoms with Crippen molar-refractivity contribution in [2.24, 2.45) is 4.99 Å². The lowest BCUT2D eigenvalue weighted by molar-refractivity contribution is -0.140. The Hall–Kier alpha value is -3.65. The van der Waals surface area contributed by atoms with Gasteiger partial charge in [-0.05, 0) is 60.9 Å². The van der Waals surface area contributed by atoms with Crippen LogP contribution in [-0.4, -0.2) is 17.1 Å². The maximum Gasteiger partial charge on any atom is 0.338 e. The molecule has 0 amide bonds. The number of allylic oxidation sites excluding steroid dienone is 1. The highest BCUT2D eigenvalue weighted by atomic mass is 35.5. The van der Waals surface area contributed by atoms with Gasteiger partial charge < -0.3 is 9.47 Å². The Morgan fingerprint density at radius 1 is 1.05 bits per heavy atom. The van der Waals surface area contributed by atoms with Gasteiger partial charge in [-0.3, -0.25) is 9.36 Å². The number of ether oxygens (including phenoxy) is 2. The zero-order chi connectivity index (χ0) is 27.5. The molecule has 1 aliphatic heterocycles. The van der Waals surface area contributed by atoms with Crippen LogP contribution in [0.2, 0.25) is 10.0 Å². The summed E-state index contributed by atoms with van der Waals surface area (Å²) in [5.41, 5.74) is 2.86. The zero-order valence-electron chi connectivity index (χ0n) is 21.2. The van der Waals surface area contributed by atoms with Gasteiger partial charge in [0.15, 0.2) is 4.80 Å². The van der Waals surface area contributed by atoms with Crippen molar-refractivity contribution in [2.75, 3.05) is 6.61 Å². The second-order valence-corrected chi connectivity index (χ2v) is 10.6. The van der Waals surface area contributed by atoms with Crippen molar-refractivity contribution in [2.45, 2.75) is 26.5 Å². The number of benzene rings is 3. The summed E-state index contributed by atoms with van der Waals surface area (Å²) < 4.78 is 13.3. The van der Waals surface area contributed by atoms with Crippen molar-refractivity contribution in [3.63, 3.8) is 0 Å². The number of rotatable bonds is 7. The van der Waals surface area contributed by atoms with E-state index in [-0.39, 0.29) is 12.2 Å². The van der Waals surface area contributed by atoms with Gasteiger partial charge in [-0.25, -0.2) is 9.79 Å². The van der Waals surface area contributed by atoms with Crippen molar-refractivity contribution in [3.05, 3.63) is 130 Å². The molecule has 0 bridgehead atoms. The van der Waals surface area contributed by atoms with E-state index in [1.54, 1.807) is 35.8 Å². The van der Waals surface area contributed by atoms with Crippen LogP contribution >= 0.6 is 34.5 Å². The van der Waals surface area contributed by atoms with E-state index in [1.807, 2.05) is 61.5 Å². The van der Waals surface area contributed by atoms with Gasteiger partial charge in [0.1, 0.15) is 12.4 Å². The molecule has 6 nitrogen and oxygen atoms in total.